The minimum Gasteiger partial charge on any atom is -0.382 e. The van der Waals surface area contributed by atoms with Gasteiger partial charge in [0.05, 0.1) is 0 Å². The number of nitrogens with one attached hydrogen (secondary N) is 1. The maximum absolute atomic E-state index is 6.01. The molecule has 0 aliphatic rings. The first kappa shape index (κ1) is 12.1. The molecular weight excluding hydrogens is 256 g/mol. The summed E-state index contributed by atoms with van der Waals surface area (Å²) in [6.07, 6.45) is 2.32. The molecule has 90 valence electrons. The van der Waals surface area contributed by atoms with E-state index < -0.39 is 0 Å². The van der Waals surface area contributed by atoms with Gasteiger partial charge >= 0.3 is 0 Å². The summed E-state index contributed by atoms with van der Waals surface area (Å²) in [6, 6.07) is 2.34. The second kappa shape index (κ2) is 5.33. The van der Waals surface area contributed by atoms with E-state index in [1.165, 1.54) is 11.9 Å². The van der Waals surface area contributed by atoms with E-state index in [2.05, 4.69) is 39.0 Å². The zero-order valence-corrected chi connectivity index (χ0v) is 10.9. The molecule has 6 heteroatoms. The molecule has 2 rings (SSSR count). The molecule has 2 heterocycles. The number of hydrogen-bond donors (Lipinski definition) is 2. The lowest BCUT2D eigenvalue weighted by Crippen LogP contribution is -2.19. The van der Waals surface area contributed by atoms with Gasteiger partial charge in [0.25, 0.3) is 0 Å². The monoisotopic (exact) mass is 268 g/mol. The lowest BCUT2D eigenvalue weighted by atomic mass is 10.1. The Hall–Kier alpha value is -1.33. The average Bonchev–Trinajstić information content (AvgIpc) is 2.77. The highest BCUT2D eigenvalue weighted by atomic mass is 35.5. The van der Waals surface area contributed by atoms with Crippen LogP contribution < -0.4 is 11.1 Å². The number of hydrogen-bond acceptors (Lipinski definition) is 5. The minimum absolute atomic E-state index is 0.233. The average molecular weight is 269 g/mol. The van der Waals surface area contributed by atoms with Crippen LogP contribution >= 0.6 is 22.9 Å². The smallest absolute Gasteiger partial charge is 0.150 e. The highest BCUT2D eigenvalue weighted by Crippen LogP contribution is 2.24. The highest BCUT2D eigenvalue weighted by molar-refractivity contribution is 7.07. The second-order valence-electron chi connectivity index (χ2n) is 3.80. The number of rotatable bonds is 4. The lowest BCUT2D eigenvalue weighted by Gasteiger charge is -2.14. The number of anilines is 2. The summed E-state index contributed by atoms with van der Waals surface area (Å²) in [5, 5.41) is 7.81. The van der Waals surface area contributed by atoms with E-state index in [-0.39, 0.29) is 6.04 Å². The summed E-state index contributed by atoms with van der Waals surface area (Å²) in [6.45, 7) is 2.08. The largest absolute Gasteiger partial charge is 0.382 e. The lowest BCUT2D eigenvalue weighted by molar-refractivity contribution is 0.786. The van der Waals surface area contributed by atoms with Crippen LogP contribution in [0, 0.1) is 0 Å². The van der Waals surface area contributed by atoms with Crippen molar-refractivity contribution in [1.29, 1.82) is 0 Å². The zero-order valence-electron chi connectivity index (χ0n) is 9.35. The van der Waals surface area contributed by atoms with Gasteiger partial charge in [0.2, 0.25) is 0 Å². The first-order valence-corrected chi connectivity index (χ1v) is 6.52. The molecule has 0 aliphatic heterocycles. The van der Waals surface area contributed by atoms with Crippen molar-refractivity contribution in [3.8, 4) is 0 Å². The van der Waals surface area contributed by atoms with Crippen molar-refractivity contribution < 1.29 is 0 Å². The molecule has 0 fully saturated rings. The van der Waals surface area contributed by atoms with Crippen molar-refractivity contribution in [2.24, 2.45) is 0 Å². The molecule has 4 nitrogen and oxygen atoms in total. The summed E-state index contributed by atoms with van der Waals surface area (Å²) in [5.74, 6) is 0.883. The third kappa shape index (κ3) is 3.08. The molecule has 0 aliphatic carbocycles. The fourth-order valence-corrected chi connectivity index (χ4v) is 2.36. The highest BCUT2D eigenvalue weighted by Gasteiger charge is 2.10. The molecule has 1 atom stereocenters. The molecule has 3 N–H and O–H groups in total. The van der Waals surface area contributed by atoms with Crippen LogP contribution in [0.1, 0.15) is 12.5 Å². The SMILES string of the molecule is CC(Cc1ccsc1)Nc1ncnc(N)c1Cl. The van der Waals surface area contributed by atoms with Gasteiger partial charge in [0.15, 0.2) is 5.82 Å². The molecule has 0 spiro atoms. The van der Waals surface area contributed by atoms with E-state index in [9.17, 15) is 0 Å². The van der Waals surface area contributed by atoms with Crippen LogP contribution in [-0.4, -0.2) is 16.0 Å². The molecule has 0 bridgehead atoms. The van der Waals surface area contributed by atoms with Crippen LogP contribution in [0.15, 0.2) is 23.2 Å². The topological polar surface area (TPSA) is 63.8 Å². The van der Waals surface area contributed by atoms with E-state index in [0.717, 1.165) is 6.42 Å². The molecular formula is C11H13ClN4S. The quantitative estimate of drug-likeness (QED) is 0.895. The van der Waals surface area contributed by atoms with Gasteiger partial charge < -0.3 is 11.1 Å². The fraction of sp³-hybridized carbons (Fsp3) is 0.273. The molecule has 0 saturated heterocycles. The number of thiophene rings is 1. The molecule has 0 aromatic carbocycles. The van der Waals surface area contributed by atoms with E-state index in [4.69, 9.17) is 17.3 Å². The number of nitrogen functional groups attached to an aromatic ring is 1. The molecule has 0 saturated carbocycles. The van der Waals surface area contributed by atoms with Crippen LogP contribution in [0.4, 0.5) is 11.6 Å². The van der Waals surface area contributed by atoms with Crippen LogP contribution in [0.5, 0.6) is 0 Å². The van der Waals surface area contributed by atoms with Crippen molar-refractivity contribution in [2.45, 2.75) is 19.4 Å². The third-order valence-electron chi connectivity index (χ3n) is 2.32. The predicted molar refractivity (Wildman–Crippen MR) is 72.6 cm³/mol. The Morgan fingerprint density at radius 3 is 3.06 bits per heavy atom. The zero-order chi connectivity index (χ0) is 12.3. The number of aromatic nitrogens is 2. The summed E-state index contributed by atoms with van der Waals surface area (Å²) >= 11 is 7.70. The van der Waals surface area contributed by atoms with Crippen LogP contribution in [-0.2, 0) is 6.42 Å². The number of halogens is 1. The molecule has 1 unspecified atom stereocenters. The van der Waals surface area contributed by atoms with Gasteiger partial charge in [-0.2, -0.15) is 11.3 Å². The van der Waals surface area contributed by atoms with Gasteiger partial charge in [0, 0.05) is 6.04 Å². The number of nitrogens with zero attached hydrogens (tertiary/aromatic N) is 2. The Morgan fingerprint density at radius 1 is 1.53 bits per heavy atom. The molecule has 2 aromatic rings. The number of nitrogens with two attached hydrogens (primary N) is 1. The van der Waals surface area contributed by atoms with Crippen LogP contribution in [0.2, 0.25) is 5.02 Å². The van der Waals surface area contributed by atoms with Crippen molar-refractivity contribution in [1.82, 2.24) is 9.97 Å². The van der Waals surface area contributed by atoms with Crippen molar-refractivity contribution >= 4 is 34.6 Å². The molecule has 2 aromatic heterocycles. The second-order valence-corrected chi connectivity index (χ2v) is 4.96. The van der Waals surface area contributed by atoms with E-state index in [1.54, 1.807) is 11.3 Å². The van der Waals surface area contributed by atoms with Gasteiger partial charge in [-0.3, -0.25) is 0 Å². The standard InChI is InChI=1S/C11H13ClN4S/c1-7(4-8-2-3-17-5-8)16-11-9(12)10(13)14-6-15-11/h2-3,5-7H,4H2,1H3,(H3,13,14,15,16). The molecule has 0 amide bonds. The Kier molecular flexibility index (Phi) is 3.81. The third-order valence-corrected chi connectivity index (χ3v) is 3.43. The predicted octanol–water partition coefficient (Wildman–Crippen LogP) is 2.82. The maximum Gasteiger partial charge on any atom is 0.150 e. The Labute approximate surface area is 109 Å². The van der Waals surface area contributed by atoms with E-state index >= 15 is 0 Å². The summed E-state index contributed by atoms with van der Waals surface area (Å²) in [5.41, 5.74) is 6.91. The van der Waals surface area contributed by atoms with Gasteiger partial charge in [-0.05, 0) is 35.7 Å². The fourth-order valence-electron chi connectivity index (χ4n) is 1.53. The Balaban J connectivity index is 2.03. The summed E-state index contributed by atoms with van der Waals surface area (Å²) in [4.78, 5) is 7.90. The van der Waals surface area contributed by atoms with Crippen molar-refractivity contribution in [3.63, 3.8) is 0 Å². The van der Waals surface area contributed by atoms with Crippen molar-refractivity contribution in [3.05, 3.63) is 33.7 Å². The van der Waals surface area contributed by atoms with Crippen molar-refractivity contribution in [2.75, 3.05) is 11.1 Å². The van der Waals surface area contributed by atoms with Gasteiger partial charge in [-0.25, -0.2) is 9.97 Å². The Morgan fingerprint density at radius 2 is 2.35 bits per heavy atom. The summed E-state index contributed by atoms with van der Waals surface area (Å²) < 4.78 is 0. The van der Waals surface area contributed by atoms with E-state index in [1.807, 2.05) is 0 Å². The first-order chi connectivity index (χ1) is 8.16. The molecule has 17 heavy (non-hydrogen) atoms. The maximum atomic E-state index is 6.01. The Bertz CT molecular complexity index is 486. The normalized spacial score (nSPS) is 12.4. The van der Waals surface area contributed by atoms with Gasteiger partial charge in [-0.15, -0.1) is 0 Å². The van der Waals surface area contributed by atoms with Crippen LogP contribution in [0.25, 0.3) is 0 Å². The van der Waals surface area contributed by atoms with Gasteiger partial charge in [0.1, 0.15) is 17.2 Å². The summed E-state index contributed by atoms with van der Waals surface area (Å²) in [7, 11) is 0. The first-order valence-electron chi connectivity index (χ1n) is 5.20. The van der Waals surface area contributed by atoms with Gasteiger partial charge in [-0.1, -0.05) is 11.6 Å². The minimum atomic E-state index is 0.233. The van der Waals surface area contributed by atoms with E-state index in [0.29, 0.717) is 16.7 Å². The molecule has 0 radical (unpaired) electrons. The van der Waals surface area contributed by atoms with Crippen LogP contribution in [0.3, 0.4) is 0 Å².